The van der Waals surface area contributed by atoms with Gasteiger partial charge in [0.15, 0.2) is 5.65 Å². The summed E-state index contributed by atoms with van der Waals surface area (Å²) in [5.74, 6) is 0.134. The Morgan fingerprint density at radius 1 is 1.21 bits per heavy atom. The van der Waals surface area contributed by atoms with Crippen LogP contribution in [0.4, 0.5) is 4.39 Å². The maximum atomic E-state index is 13.5. The van der Waals surface area contributed by atoms with E-state index in [1.807, 2.05) is 0 Å². The number of aromatic amines is 1. The third-order valence-electron chi connectivity index (χ3n) is 2.59. The van der Waals surface area contributed by atoms with Crippen molar-refractivity contribution in [2.75, 3.05) is 0 Å². The lowest BCUT2D eigenvalue weighted by molar-refractivity contribution is 0.621. The van der Waals surface area contributed by atoms with E-state index >= 15 is 0 Å². The fourth-order valence-corrected chi connectivity index (χ4v) is 2.45. The van der Waals surface area contributed by atoms with Crippen molar-refractivity contribution in [3.05, 3.63) is 44.7 Å². The molecule has 0 amide bonds. The molecule has 3 aromatic rings. The number of pyridine rings is 1. The zero-order valence-electron chi connectivity index (χ0n) is 9.22. The normalized spacial score (nSPS) is 11.2. The van der Waals surface area contributed by atoms with Gasteiger partial charge >= 0.3 is 0 Å². The van der Waals surface area contributed by atoms with Gasteiger partial charge in [-0.25, -0.2) is 14.4 Å². The van der Waals surface area contributed by atoms with E-state index in [1.54, 1.807) is 18.2 Å². The van der Waals surface area contributed by atoms with Gasteiger partial charge < -0.3 is 4.98 Å². The predicted octanol–water partition coefficient (Wildman–Crippen LogP) is 4.83. The summed E-state index contributed by atoms with van der Waals surface area (Å²) in [5, 5.41) is 0.521. The number of hydrogen-bond donors (Lipinski definition) is 1. The minimum absolute atomic E-state index is 0.186. The summed E-state index contributed by atoms with van der Waals surface area (Å²) in [6.07, 6.45) is 0. The molecule has 0 bridgehead atoms. The van der Waals surface area contributed by atoms with E-state index in [4.69, 9.17) is 23.2 Å². The smallest absolute Gasteiger partial charge is 0.179 e. The molecule has 1 aromatic carbocycles. The molecule has 0 aliphatic carbocycles. The summed E-state index contributed by atoms with van der Waals surface area (Å²) in [5.41, 5.74) is 1.67. The molecular weight excluding hydrogens is 356 g/mol. The number of imidazole rings is 1. The van der Waals surface area contributed by atoms with Crippen LogP contribution in [0.5, 0.6) is 0 Å². The van der Waals surface area contributed by atoms with Gasteiger partial charge in [0.05, 0.1) is 15.0 Å². The van der Waals surface area contributed by atoms with E-state index in [0.29, 0.717) is 32.0 Å². The largest absolute Gasteiger partial charge is 0.336 e. The summed E-state index contributed by atoms with van der Waals surface area (Å²) in [7, 11) is 0. The van der Waals surface area contributed by atoms with E-state index in [2.05, 4.69) is 30.9 Å². The van der Waals surface area contributed by atoms with Crippen molar-refractivity contribution in [3.8, 4) is 11.4 Å². The van der Waals surface area contributed by atoms with Crippen LogP contribution in [0.1, 0.15) is 0 Å². The number of hydrogen-bond acceptors (Lipinski definition) is 2. The maximum absolute atomic E-state index is 13.5. The average Bonchev–Trinajstić information content (AvgIpc) is 2.76. The van der Waals surface area contributed by atoms with E-state index in [0.717, 1.165) is 0 Å². The fraction of sp³-hybridized carbons (Fsp3) is 0. The van der Waals surface area contributed by atoms with Gasteiger partial charge in [-0.15, -0.1) is 0 Å². The third kappa shape index (κ3) is 2.22. The molecule has 3 nitrogen and oxygen atoms in total. The van der Waals surface area contributed by atoms with Gasteiger partial charge in [0.2, 0.25) is 0 Å². The molecule has 0 fully saturated rings. The second-order valence-electron chi connectivity index (χ2n) is 3.82. The van der Waals surface area contributed by atoms with Crippen LogP contribution >= 0.6 is 39.1 Å². The van der Waals surface area contributed by atoms with Crippen molar-refractivity contribution in [1.82, 2.24) is 15.0 Å². The Kier molecular flexibility index (Phi) is 3.20. The highest BCUT2D eigenvalue weighted by atomic mass is 79.9. The Labute approximate surface area is 125 Å². The molecule has 0 radical (unpaired) electrons. The van der Waals surface area contributed by atoms with E-state index in [1.165, 1.54) is 6.07 Å². The average molecular weight is 361 g/mol. The Hall–Kier alpha value is -1.17. The molecule has 0 unspecified atom stereocenters. The molecule has 3 rings (SSSR count). The molecule has 19 heavy (non-hydrogen) atoms. The van der Waals surface area contributed by atoms with Crippen LogP contribution in [0.2, 0.25) is 10.2 Å². The standard InChI is InChI=1S/C12H5BrCl2FN3/c13-9-5(2-1-3-7(9)16)11-17-8-4-6(14)10(15)18-12(8)19-11/h1-4H,(H,17,18,19). The van der Waals surface area contributed by atoms with Gasteiger partial charge in [-0.05, 0) is 34.1 Å². The number of nitrogens with one attached hydrogen (secondary N) is 1. The molecule has 1 N–H and O–H groups in total. The van der Waals surface area contributed by atoms with Crippen LogP contribution in [0, 0.1) is 5.82 Å². The van der Waals surface area contributed by atoms with Crippen LogP contribution in [0.3, 0.4) is 0 Å². The number of nitrogens with zero attached hydrogens (tertiary/aromatic N) is 2. The molecule has 0 spiro atoms. The lowest BCUT2D eigenvalue weighted by Crippen LogP contribution is -1.85. The van der Waals surface area contributed by atoms with Crippen molar-refractivity contribution in [3.63, 3.8) is 0 Å². The van der Waals surface area contributed by atoms with Crippen molar-refractivity contribution in [1.29, 1.82) is 0 Å². The lowest BCUT2D eigenvalue weighted by Gasteiger charge is -2.00. The van der Waals surface area contributed by atoms with Gasteiger partial charge in [0, 0.05) is 5.56 Å². The topological polar surface area (TPSA) is 41.6 Å². The van der Waals surface area contributed by atoms with Gasteiger partial charge in [-0.3, -0.25) is 0 Å². The van der Waals surface area contributed by atoms with Crippen molar-refractivity contribution >= 4 is 50.3 Å². The van der Waals surface area contributed by atoms with Gasteiger partial charge in [0.1, 0.15) is 16.8 Å². The summed E-state index contributed by atoms with van der Waals surface area (Å²) < 4.78 is 13.8. The zero-order valence-corrected chi connectivity index (χ0v) is 12.3. The Bertz CT molecular complexity index is 749. The Morgan fingerprint density at radius 3 is 2.79 bits per heavy atom. The quantitative estimate of drug-likeness (QED) is 0.631. The summed E-state index contributed by atoms with van der Waals surface area (Å²) >= 11 is 14.9. The number of fused-ring (bicyclic) bond motifs is 1. The Morgan fingerprint density at radius 2 is 2.00 bits per heavy atom. The lowest BCUT2D eigenvalue weighted by atomic mass is 10.2. The first kappa shape index (κ1) is 12.8. The first-order valence-electron chi connectivity index (χ1n) is 5.22. The maximum Gasteiger partial charge on any atom is 0.179 e. The first-order valence-corrected chi connectivity index (χ1v) is 6.77. The molecule has 2 aromatic heterocycles. The molecule has 0 saturated carbocycles. The second-order valence-corrected chi connectivity index (χ2v) is 5.38. The third-order valence-corrected chi connectivity index (χ3v) is 4.07. The van der Waals surface area contributed by atoms with Gasteiger partial charge in [-0.1, -0.05) is 29.3 Å². The fourth-order valence-electron chi connectivity index (χ4n) is 1.71. The van der Waals surface area contributed by atoms with Crippen LogP contribution in [0.15, 0.2) is 28.7 Å². The van der Waals surface area contributed by atoms with Crippen LogP contribution in [0.25, 0.3) is 22.6 Å². The number of halogens is 4. The number of benzene rings is 1. The number of aromatic nitrogens is 3. The number of rotatable bonds is 1. The number of H-pyrrole nitrogens is 1. The molecule has 0 atom stereocenters. The molecule has 7 heteroatoms. The molecule has 0 aliphatic rings. The molecule has 0 saturated heterocycles. The van der Waals surface area contributed by atoms with Crippen LogP contribution in [-0.2, 0) is 0 Å². The first-order chi connectivity index (χ1) is 9.06. The summed E-state index contributed by atoms with van der Waals surface area (Å²) in [6, 6.07) is 6.35. The van der Waals surface area contributed by atoms with Crippen LogP contribution in [-0.4, -0.2) is 15.0 Å². The highest BCUT2D eigenvalue weighted by Gasteiger charge is 2.13. The molecule has 96 valence electrons. The SMILES string of the molecule is Fc1cccc(-c2nc3nc(Cl)c(Cl)cc3[nH]2)c1Br. The minimum Gasteiger partial charge on any atom is -0.336 e. The molecule has 2 heterocycles. The van der Waals surface area contributed by atoms with Crippen LogP contribution < -0.4 is 0 Å². The summed E-state index contributed by atoms with van der Waals surface area (Å²) in [4.78, 5) is 11.4. The van der Waals surface area contributed by atoms with Crippen molar-refractivity contribution in [2.24, 2.45) is 0 Å². The monoisotopic (exact) mass is 359 g/mol. The molecule has 0 aliphatic heterocycles. The van der Waals surface area contributed by atoms with Gasteiger partial charge in [0.25, 0.3) is 0 Å². The van der Waals surface area contributed by atoms with E-state index in [-0.39, 0.29) is 11.0 Å². The Balaban J connectivity index is 2.23. The van der Waals surface area contributed by atoms with E-state index in [9.17, 15) is 4.39 Å². The zero-order chi connectivity index (χ0) is 13.6. The molecular formula is C12H5BrCl2FN3. The van der Waals surface area contributed by atoms with E-state index < -0.39 is 0 Å². The van der Waals surface area contributed by atoms with Crippen molar-refractivity contribution < 1.29 is 4.39 Å². The highest BCUT2D eigenvalue weighted by molar-refractivity contribution is 9.10. The second kappa shape index (κ2) is 4.74. The summed E-state index contributed by atoms with van der Waals surface area (Å²) in [6.45, 7) is 0. The van der Waals surface area contributed by atoms with Gasteiger partial charge in [-0.2, -0.15) is 0 Å². The van der Waals surface area contributed by atoms with Crippen molar-refractivity contribution in [2.45, 2.75) is 0 Å². The predicted molar refractivity (Wildman–Crippen MR) is 77.0 cm³/mol. The highest BCUT2D eigenvalue weighted by Crippen LogP contribution is 2.31. The minimum atomic E-state index is -0.359.